The van der Waals surface area contributed by atoms with Crippen LogP contribution >= 0.6 is 34.3 Å². The molecule has 1 atom stereocenters. The third-order valence-electron chi connectivity index (χ3n) is 6.75. The van der Waals surface area contributed by atoms with Crippen LogP contribution in [0.15, 0.2) is 34.5 Å². The standard InChI is InChI=1S/C25H33ClN4O3S3/c1-4-18-10-9-12-20-23(18)27-25(34-20)29(17-16-28(5-2)6-3)24(31)19-11-7-8-15-30(19)36(32,33)22-14-13-21(26)35-22/h9-10,12-14,19H,4-8,11,15-17H2,1-3H3. The fourth-order valence-corrected chi connectivity index (χ4v) is 8.96. The number of hydrogen-bond donors (Lipinski definition) is 0. The monoisotopic (exact) mass is 568 g/mol. The number of halogens is 1. The van der Waals surface area contributed by atoms with Gasteiger partial charge < -0.3 is 4.90 Å². The first-order valence-electron chi connectivity index (χ1n) is 12.5. The number of likely N-dealkylation sites (N-methyl/N-ethyl adjacent to an activating group) is 1. The lowest BCUT2D eigenvalue weighted by Crippen LogP contribution is -2.54. The summed E-state index contributed by atoms with van der Waals surface area (Å²) in [5.41, 5.74) is 2.06. The number of benzene rings is 1. The lowest BCUT2D eigenvalue weighted by Gasteiger charge is -2.36. The van der Waals surface area contributed by atoms with E-state index in [-0.39, 0.29) is 10.1 Å². The Morgan fingerprint density at radius 1 is 1.11 bits per heavy atom. The number of carbonyl (C=O) groups is 1. The van der Waals surface area contributed by atoms with E-state index in [0.717, 1.165) is 59.5 Å². The summed E-state index contributed by atoms with van der Waals surface area (Å²) in [5, 5.41) is 0.630. The van der Waals surface area contributed by atoms with E-state index in [1.807, 2.05) is 12.1 Å². The minimum Gasteiger partial charge on any atom is -0.302 e. The van der Waals surface area contributed by atoms with Crippen molar-refractivity contribution < 1.29 is 13.2 Å². The molecule has 3 heterocycles. The second-order valence-corrected chi connectivity index (χ2v) is 13.7. The highest BCUT2D eigenvalue weighted by atomic mass is 35.5. The summed E-state index contributed by atoms with van der Waals surface area (Å²) in [6.45, 7) is 9.51. The normalized spacial score (nSPS) is 17.2. The maximum atomic E-state index is 14.2. The topological polar surface area (TPSA) is 73.8 Å². The third kappa shape index (κ3) is 5.63. The largest absolute Gasteiger partial charge is 0.302 e. The number of carbonyl (C=O) groups excluding carboxylic acids is 1. The van der Waals surface area contributed by atoms with Crippen LogP contribution in [0.25, 0.3) is 10.2 Å². The smallest absolute Gasteiger partial charge is 0.253 e. The molecule has 3 aromatic rings. The van der Waals surface area contributed by atoms with Gasteiger partial charge in [-0.15, -0.1) is 11.3 Å². The summed E-state index contributed by atoms with van der Waals surface area (Å²) in [4.78, 5) is 23.0. The fourth-order valence-electron chi connectivity index (χ4n) is 4.65. The molecule has 0 saturated carbocycles. The highest BCUT2D eigenvalue weighted by Gasteiger charge is 2.41. The van der Waals surface area contributed by atoms with Crippen molar-refractivity contribution in [3.63, 3.8) is 0 Å². The summed E-state index contributed by atoms with van der Waals surface area (Å²) in [7, 11) is -3.83. The molecule has 1 aliphatic rings. The quantitative estimate of drug-likeness (QED) is 0.323. The SMILES string of the molecule is CCc1cccc2sc(N(CCN(CC)CC)C(=O)C3CCCCN3S(=O)(=O)c3ccc(Cl)s3)nc12. The Labute approximate surface area is 226 Å². The van der Waals surface area contributed by atoms with E-state index in [1.165, 1.54) is 21.7 Å². The van der Waals surface area contributed by atoms with Crippen molar-refractivity contribution in [1.82, 2.24) is 14.2 Å². The fraction of sp³-hybridized carbons (Fsp3) is 0.520. The van der Waals surface area contributed by atoms with Gasteiger partial charge in [0.25, 0.3) is 10.0 Å². The van der Waals surface area contributed by atoms with E-state index in [9.17, 15) is 13.2 Å². The van der Waals surface area contributed by atoms with Crippen molar-refractivity contribution in [2.24, 2.45) is 0 Å². The minimum atomic E-state index is -3.83. The van der Waals surface area contributed by atoms with Gasteiger partial charge in [-0.1, -0.05) is 62.3 Å². The van der Waals surface area contributed by atoms with Gasteiger partial charge in [-0.05, 0) is 56.1 Å². The molecule has 196 valence electrons. The van der Waals surface area contributed by atoms with Crippen LogP contribution in [-0.4, -0.2) is 67.3 Å². The van der Waals surface area contributed by atoms with E-state index in [1.54, 1.807) is 11.0 Å². The Balaban J connectivity index is 1.71. The predicted molar refractivity (Wildman–Crippen MR) is 150 cm³/mol. The first-order valence-corrected chi connectivity index (χ1v) is 15.9. The zero-order valence-corrected chi connectivity index (χ0v) is 24.1. The Hall–Kier alpha value is -1.56. The molecule has 0 N–H and O–H groups in total. The average Bonchev–Trinajstić information content (AvgIpc) is 3.53. The predicted octanol–water partition coefficient (Wildman–Crippen LogP) is 5.49. The van der Waals surface area contributed by atoms with Crippen LogP contribution in [0, 0.1) is 0 Å². The minimum absolute atomic E-state index is 0.175. The molecule has 1 saturated heterocycles. The van der Waals surface area contributed by atoms with Crippen molar-refractivity contribution in [3.8, 4) is 0 Å². The molecule has 4 rings (SSSR count). The Bertz CT molecular complexity index is 1300. The number of anilines is 1. The third-order valence-corrected chi connectivity index (χ3v) is 11.4. The van der Waals surface area contributed by atoms with Gasteiger partial charge in [0.15, 0.2) is 5.13 Å². The zero-order valence-electron chi connectivity index (χ0n) is 20.9. The molecule has 0 aliphatic carbocycles. The summed E-state index contributed by atoms with van der Waals surface area (Å²) in [6, 6.07) is 8.46. The molecule has 36 heavy (non-hydrogen) atoms. The summed E-state index contributed by atoms with van der Waals surface area (Å²) < 4.78 is 30.1. The molecular formula is C25H33ClN4O3S3. The van der Waals surface area contributed by atoms with Crippen LogP contribution in [0.3, 0.4) is 0 Å². The van der Waals surface area contributed by atoms with Gasteiger partial charge in [-0.2, -0.15) is 4.31 Å². The molecule has 2 aromatic heterocycles. The number of para-hydroxylation sites is 1. The highest BCUT2D eigenvalue weighted by molar-refractivity contribution is 7.91. The Morgan fingerprint density at radius 2 is 1.89 bits per heavy atom. The lowest BCUT2D eigenvalue weighted by molar-refractivity contribution is -0.123. The van der Waals surface area contributed by atoms with Gasteiger partial charge in [0.2, 0.25) is 5.91 Å². The molecule has 7 nitrogen and oxygen atoms in total. The first kappa shape index (κ1) is 27.5. The van der Waals surface area contributed by atoms with Crippen molar-refractivity contribution in [2.45, 2.75) is 56.7 Å². The van der Waals surface area contributed by atoms with Crippen LogP contribution < -0.4 is 4.90 Å². The van der Waals surface area contributed by atoms with Gasteiger partial charge in [0.05, 0.1) is 14.6 Å². The van der Waals surface area contributed by atoms with Crippen molar-refractivity contribution >= 4 is 65.6 Å². The maximum absolute atomic E-state index is 14.2. The van der Waals surface area contributed by atoms with E-state index >= 15 is 0 Å². The van der Waals surface area contributed by atoms with Crippen molar-refractivity contribution in [1.29, 1.82) is 0 Å². The zero-order chi connectivity index (χ0) is 25.9. The molecular weight excluding hydrogens is 536 g/mol. The summed E-state index contributed by atoms with van der Waals surface area (Å²) in [6.07, 6.45) is 2.87. The number of amides is 1. The maximum Gasteiger partial charge on any atom is 0.253 e. The Morgan fingerprint density at radius 3 is 2.56 bits per heavy atom. The number of thiophene rings is 1. The van der Waals surface area contributed by atoms with Gasteiger partial charge >= 0.3 is 0 Å². The molecule has 0 spiro atoms. The van der Waals surface area contributed by atoms with E-state index < -0.39 is 16.1 Å². The first-order chi connectivity index (χ1) is 17.3. The van der Waals surface area contributed by atoms with E-state index in [0.29, 0.717) is 35.5 Å². The van der Waals surface area contributed by atoms with Gasteiger partial charge in [-0.3, -0.25) is 9.69 Å². The second-order valence-electron chi connectivity index (χ2n) is 8.82. The van der Waals surface area contributed by atoms with Crippen LogP contribution in [0.5, 0.6) is 0 Å². The number of rotatable bonds is 10. The lowest BCUT2D eigenvalue weighted by atomic mass is 10.0. The summed E-state index contributed by atoms with van der Waals surface area (Å²) in [5.74, 6) is -0.204. The molecule has 1 unspecified atom stereocenters. The number of thiazole rings is 1. The molecule has 0 radical (unpaired) electrons. The molecule has 0 bridgehead atoms. The number of fused-ring (bicyclic) bond motifs is 1. The molecule has 1 fully saturated rings. The number of hydrogen-bond acceptors (Lipinski definition) is 7. The highest BCUT2D eigenvalue weighted by Crippen LogP contribution is 2.35. The Kier molecular flexibility index (Phi) is 9.06. The van der Waals surface area contributed by atoms with Crippen molar-refractivity contribution in [2.75, 3.05) is 37.6 Å². The average molecular weight is 569 g/mol. The molecule has 1 aliphatic heterocycles. The second kappa shape index (κ2) is 11.9. The van der Waals surface area contributed by atoms with E-state index in [2.05, 4.69) is 31.7 Å². The van der Waals surface area contributed by atoms with Gasteiger partial charge in [-0.25, -0.2) is 13.4 Å². The number of aryl methyl sites for hydroxylation is 1. The number of piperidine rings is 1. The molecule has 1 aromatic carbocycles. The van der Waals surface area contributed by atoms with E-state index in [4.69, 9.17) is 16.6 Å². The van der Waals surface area contributed by atoms with Crippen LogP contribution in [0.1, 0.15) is 45.6 Å². The number of nitrogens with zero attached hydrogens (tertiary/aromatic N) is 4. The van der Waals surface area contributed by atoms with Gasteiger partial charge in [0, 0.05) is 19.6 Å². The number of sulfonamides is 1. The van der Waals surface area contributed by atoms with Crippen LogP contribution in [0.2, 0.25) is 4.34 Å². The van der Waals surface area contributed by atoms with Crippen molar-refractivity contribution in [3.05, 3.63) is 40.2 Å². The molecule has 11 heteroatoms. The number of aromatic nitrogens is 1. The van der Waals surface area contributed by atoms with Crippen LogP contribution in [0.4, 0.5) is 5.13 Å². The molecule has 1 amide bonds. The van der Waals surface area contributed by atoms with Crippen LogP contribution in [-0.2, 0) is 21.2 Å². The van der Waals surface area contributed by atoms with Gasteiger partial charge in [0.1, 0.15) is 10.3 Å². The summed E-state index contributed by atoms with van der Waals surface area (Å²) >= 11 is 8.57.